The van der Waals surface area contributed by atoms with E-state index in [4.69, 9.17) is 5.11 Å². The first-order valence-electron chi connectivity index (χ1n) is 3.98. The predicted molar refractivity (Wildman–Crippen MR) is 46.6 cm³/mol. The van der Waals surface area contributed by atoms with Crippen molar-refractivity contribution in [3.8, 4) is 0 Å². The fourth-order valence-electron chi connectivity index (χ4n) is 2.09. The van der Waals surface area contributed by atoms with Gasteiger partial charge in [0.05, 0.1) is 0 Å². The Balaban J connectivity index is 0.000000720. The van der Waals surface area contributed by atoms with E-state index in [1.165, 1.54) is 0 Å². The minimum Gasteiger partial charge on any atom is -0.480 e. The lowest BCUT2D eigenvalue weighted by Gasteiger charge is -2.11. The van der Waals surface area contributed by atoms with Crippen molar-refractivity contribution in [1.29, 1.82) is 0 Å². The highest BCUT2D eigenvalue weighted by Crippen LogP contribution is 2.24. The monoisotopic (exact) mass is 192 g/mol. The molecular weight excluding hydrogens is 180 g/mol. The normalized spacial score (nSPS) is 38.8. The van der Waals surface area contributed by atoms with Crippen LogP contribution in [0.1, 0.15) is 6.42 Å². The molecule has 4 nitrogen and oxygen atoms in total. The molecule has 0 aliphatic carbocycles. The maximum Gasteiger partial charge on any atom is 0.321 e. The molecule has 3 N–H and O–H groups in total. The van der Waals surface area contributed by atoms with E-state index in [0.29, 0.717) is 12.0 Å². The molecule has 2 aliphatic rings. The molecule has 12 heavy (non-hydrogen) atoms. The van der Waals surface area contributed by atoms with Crippen LogP contribution < -0.4 is 10.6 Å². The van der Waals surface area contributed by atoms with Gasteiger partial charge >= 0.3 is 5.97 Å². The zero-order chi connectivity index (χ0) is 7.84. The minimum absolute atomic E-state index is 0. The third kappa shape index (κ3) is 1.42. The lowest BCUT2D eigenvalue weighted by atomic mass is 9.97. The molecular formula is C7H13ClN2O2. The number of hydrogen-bond acceptors (Lipinski definition) is 3. The minimum atomic E-state index is -0.707. The summed E-state index contributed by atoms with van der Waals surface area (Å²) >= 11 is 0. The van der Waals surface area contributed by atoms with Gasteiger partial charge in [0.25, 0.3) is 0 Å². The van der Waals surface area contributed by atoms with Gasteiger partial charge in [-0.2, -0.15) is 0 Å². The molecule has 3 atom stereocenters. The van der Waals surface area contributed by atoms with Crippen LogP contribution in [0.2, 0.25) is 0 Å². The smallest absolute Gasteiger partial charge is 0.321 e. The van der Waals surface area contributed by atoms with Gasteiger partial charge in [-0.1, -0.05) is 0 Å². The van der Waals surface area contributed by atoms with E-state index in [2.05, 4.69) is 10.6 Å². The number of halogens is 1. The van der Waals surface area contributed by atoms with Crippen molar-refractivity contribution in [1.82, 2.24) is 10.6 Å². The Morgan fingerprint density at radius 1 is 1.42 bits per heavy atom. The van der Waals surface area contributed by atoms with Crippen molar-refractivity contribution >= 4 is 18.4 Å². The number of carboxylic acid groups (broad SMARTS) is 1. The standard InChI is InChI=1S/C7H12N2O2.ClH/c10-7(11)6-4-1-2-8-5(4)3-9-6;/h4-6,8-9H,1-3H2,(H,10,11);1H. The van der Waals surface area contributed by atoms with Crippen LogP contribution in [-0.2, 0) is 4.79 Å². The molecule has 70 valence electrons. The summed E-state index contributed by atoms with van der Waals surface area (Å²) in [4.78, 5) is 10.7. The van der Waals surface area contributed by atoms with Crippen molar-refractivity contribution in [2.75, 3.05) is 13.1 Å². The van der Waals surface area contributed by atoms with E-state index in [1.54, 1.807) is 0 Å². The summed E-state index contributed by atoms with van der Waals surface area (Å²) in [5.41, 5.74) is 0. The maximum absolute atomic E-state index is 10.7. The molecule has 2 saturated heterocycles. The van der Waals surface area contributed by atoms with Gasteiger partial charge < -0.3 is 15.7 Å². The number of rotatable bonds is 1. The van der Waals surface area contributed by atoms with E-state index in [1.807, 2.05) is 0 Å². The zero-order valence-corrected chi connectivity index (χ0v) is 7.43. The Labute approximate surface area is 77.1 Å². The number of fused-ring (bicyclic) bond motifs is 1. The lowest BCUT2D eigenvalue weighted by molar-refractivity contribution is -0.140. The Morgan fingerprint density at radius 3 is 2.83 bits per heavy atom. The van der Waals surface area contributed by atoms with E-state index in [9.17, 15) is 4.79 Å². The molecule has 0 aromatic heterocycles. The topological polar surface area (TPSA) is 61.4 Å². The molecule has 2 heterocycles. The summed E-state index contributed by atoms with van der Waals surface area (Å²) in [6, 6.07) is 0.0890. The highest BCUT2D eigenvalue weighted by molar-refractivity contribution is 5.85. The van der Waals surface area contributed by atoms with Crippen LogP contribution in [0.5, 0.6) is 0 Å². The Morgan fingerprint density at radius 2 is 2.17 bits per heavy atom. The van der Waals surface area contributed by atoms with Crippen LogP contribution in [0, 0.1) is 5.92 Å². The maximum atomic E-state index is 10.7. The summed E-state index contributed by atoms with van der Waals surface area (Å²) in [5.74, 6) is -0.395. The van der Waals surface area contributed by atoms with Crippen molar-refractivity contribution in [2.24, 2.45) is 5.92 Å². The van der Waals surface area contributed by atoms with Gasteiger partial charge in [0.1, 0.15) is 6.04 Å². The first-order chi connectivity index (χ1) is 5.29. The van der Waals surface area contributed by atoms with Crippen molar-refractivity contribution in [3.63, 3.8) is 0 Å². The summed E-state index contributed by atoms with van der Waals surface area (Å²) in [6.45, 7) is 1.78. The van der Waals surface area contributed by atoms with Crippen LogP contribution in [0.3, 0.4) is 0 Å². The second kappa shape index (κ2) is 3.60. The predicted octanol–water partition coefficient (Wildman–Crippen LogP) is -0.557. The van der Waals surface area contributed by atoms with Gasteiger partial charge in [0, 0.05) is 18.5 Å². The van der Waals surface area contributed by atoms with Crippen LogP contribution in [0.4, 0.5) is 0 Å². The fourth-order valence-corrected chi connectivity index (χ4v) is 2.09. The average molecular weight is 193 g/mol. The molecule has 3 unspecified atom stereocenters. The van der Waals surface area contributed by atoms with E-state index in [-0.39, 0.29) is 18.4 Å². The zero-order valence-electron chi connectivity index (χ0n) is 6.62. The first kappa shape index (κ1) is 9.77. The molecule has 5 heteroatoms. The van der Waals surface area contributed by atoms with E-state index >= 15 is 0 Å². The van der Waals surface area contributed by atoms with E-state index in [0.717, 1.165) is 19.5 Å². The molecule has 0 saturated carbocycles. The van der Waals surface area contributed by atoms with Crippen LogP contribution in [0.15, 0.2) is 0 Å². The second-order valence-electron chi connectivity index (χ2n) is 3.24. The Kier molecular flexibility index (Phi) is 2.93. The van der Waals surface area contributed by atoms with Crippen LogP contribution in [-0.4, -0.2) is 36.2 Å². The molecule has 0 radical (unpaired) electrons. The third-order valence-electron chi connectivity index (χ3n) is 2.65. The highest BCUT2D eigenvalue weighted by Gasteiger charge is 2.42. The number of carbonyl (C=O) groups is 1. The Hall–Kier alpha value is -0.320. The fraction of sp³-hybridized carbons (Fsp3) is 0.857. The number of hydrogen-bond donors (Lipinski definition) is 3. The first-order valence-corrected chi connectivity index (χ1v) is 3.98. The van der Waals surface area contributed by atoms with Gasteiger partial charge in [0.2, 0.25) is 0 Å². The SMILES string of the molecule is Cl.O=C(O)C1NCC2NCCC21. The summed E-state index contributed by atoms with van der Waals surface area (Å²) in [7, 11) is 0. The van der Waals surface area contributed by atoms with Crippen molar-refractivity contribution in [3.05, 3.63) is 0 Å². The van der Waals surface area contributed by atoms with Crippen molar-refractivity contribution in [2.45, 2.75) is 18.5 Å². The summed E-state index contributed by atoms with van der Waals surface area (Å²) < 4.78 is 0. The second-order valence-corrected chi connectivity index (χ2v) is 3.24. The van der Waals surface area contributed by atoms with Gasteiger partial charge in [0.15, 0.2) is 0 Å². The molecule has 0 aromatic rings. The molecule has 2 aliphatic heterocycles. The van der Waals surface area contributed by atoms with Gasteiger partial charge in [-0.05, 0) is 13.0 Å². The van der Waals surface area contributed by atoms with E-state index < -0.39 is 5.97 Å². The van der Waals surface area contributed by atoms with Gasteiger partial charge in [-0.15, -0.1) is 12.4 Å². The molecule has 0 aromatic carbocycles. The summed E-state index contributed by atoms with van der Waals surface area (Å²) in [5, 5.41) is 15.0. The quantitative estimate of drug-likeness (QED) is 0.522. The summed E-state index contributed by atoms with van der Waals surface area (Å²) in [6.07, 6.45) is 0.995. The number of nitrogens with one attached hydrogen (secondary N) is 2. The highest BCUT2D eigenvalue weighted by atomic mass is 35.5. The number of aliphatic carboxylic acids is 1. The number of carboxylic acids is 1. The molecule has 0 bridgehead atoms. The largest absolute Gasteiger partial charge is 0.480 e. The van der Waals surface area contributed by atoms with Crippen LogP contribution >= 0.6 is 12.4 Å². The molecule has 0 amide bonds. The molecule has 2 rings (SSSR count). The lowest BCUT2D eigenvalue weighted by Crippen LogP contribution is -2.35. The molecule has 0 spiro atoms. The molecule has 2 fully saturated rings. The van der Waals surface area contributed by atoms with Gasteiger partial charge in [-0.25, -0.2) is 0 Å². The Bertz CT molecular complexity index is 188. The third-order valence-corrected chi connectivity index (χ3v) is 2.65. The van der Waals surface area contributed by atoms with Gasteiger partial charge in [-0.3, -0.25) is 4.79 Å². The average Bonchev–Trinajstić information content (AvgIpc) is 2.41. The van der Waals surface area contributed by atoms with Crippen LogP contribution in [0.25, 0.3) is 0 Å². The van der Waals surface area contributed by atoms with Crippen molar-refractivity contribution < 1.29 is 9.90 Å².